The van der Waals surface area contributed by atoms with Crippen molar-refractivity contribution in [2.24, 2.45) is 14.1 Å². The Kier molecular flexibility index (Phi) is 1.58. The third-order valence-corrected chi connectivity index (χ3v) is 1.83. The predicted molar refractivity (Wildman–Crippen MR) is 47.1 cm³/mol. The molecule has 5 heteroatoms. The lowest BCUT2D eigenvalue weighted by molar-refractivity contribution is 0.456. The molecule has 2 aromatic rings. The minimum absolute atomic E-state index is 0.0290. The quantitative estimate of drug-likeness (QED) is 0.692. The third kappa shape index (κ3) is 1.28. The van der Waals surface area contributed by atoms with Gasteiger partial charge in [-0.05, 0) is 0 Å². The molecule has 0 amide bonds. The monoisotopic (exact) mass is 178 g/mol. The summed E-state index contributed by atoms with van der Waals surface area (Å²) in [6.07, 6.45) is 5.12. The number of aromatic nitrogens is 4. The summed E-state index contributed by atoms with van der Waals surface area (Å²) in [6, 6.07) is 0. The fourth-order valence-electron chi connectivity index (χ4n) is 1.26. The Balaban J connectivity index is 2.51. The normalized spacial score (nSPS) is 10.6. The molecule has 0 aliphatic heterocycles. The highest BCUT2D eigenvalue weighted by molar-refractivity contribution is 5.53. The van der Waals surface area contributed by atoms with Gasteiger partial charge in [0.25, 0.3) is 0 Å². The van der Waals surface area contributed by atoms with Crippen LogP contribution in [-0.2, 0) is 14.1 Å². The summed E-state index contributed by atoms with van der Waals surface area (Å²) in [5.74, 6) is 0.743. The maximum absolute atomic E-state index is 9.14. The van der Waals surface area contributed by atoms with E-state index in [4.69, 9.17) is 5.11 Å². The molecule has 0 saturated carbocycles. The Morgan fingerprint density at radius 2 is 2.08 bits per heavy atom. The average Bonchev–Trinajstić information content (AvgIpc) is 2.58. The van der Waals surface area contributed by atoms with E-state index in [1.165, 1.54) is 0 Å². The molecule has 0 fully saturated rings. The first-order valence-electron chi connectivity index (χ1n) is 3.88. The van der Waals surface area contributed by atoms with Crippen LogP contribution in [-0.4, -0.2) is 24.4 Å². The van der Waals surface area contributed by atoms with Gasteiger partial charge in [0.05, 0.1) is 18.0 Å². The van der Waals surface area contributed by atoms with E-state index in [-0.39, 0.29) is 5.88 Å². The van der Waals surface area contributed by atoms with Crippen molar-refractivity contribution in [3.8, 4) is 17.3 Å². The lowest BCUT2D eigenvalue weighted by Crippen LogP contribution is -1.89. The van der Waals surface area contributed by atoms with Crippen molar-refractivity contribution in [3.05, 3.63) is 18.6 Å². The van der Waals surface area contributed by atoms with Crippen molar-refractivity contribution in [1.82, 2.24) is 19.3 Å². The van der Waals surface area contributed by atoms with Gasteiger partial charge in [-0.2, -0.15) is 10.1 Å². The van der Waals surface area contributed by atoms with Gasteiger partial charge in [0, 0.05) is 20.3 Å². The zero-order valence-corrected chi connectivity index (χ0v) is 7.47. The van der Waals surface area contributed by atoms with Gasteiger partial charge in [-0.25, -0.2) is 0 Å². The Morgan fingerprint density at radius 1 is 1.31 bits per heavy atom. The van der Waals surface area contributed by atoms with Crippen molar-refractivity contribution in [2.75, 3.05) is 0 Å². The van der Waals surface area contributed by atoms with Crippen molar-refractivity contribution >= 4 is 0 Å². The molecule has 0 aliphatic rings. The van der Waals surface area contributed by atoms with Gasteiger partial charge in [-0.3, -0.25) is 4.68 Å². The second kappa shape index (κ2) is 2.62. The third-order valence-electron chi connectivity index (χ3n) is 1.83. The molecule has 0 atom stereocenters. The molecule has 2 rings (SSSR count). The van der Waals surface area contributed by atoms with Crippen LogP contribution in [0.1, 0.15) is 0 Å². The first-order valence-corrected chi connectivity index (χ1v) is 3.88. The summed E-state index contributed by atoms with van der Waals surface area (Å²) in [7, 11) is 3.67. The molecule has 0 aromatic carbocycles. The Bertz CT molecular complexity index is 429. The van der Waals surface area contributed by atoms with Crippen molar-refractivity contribution in [1.29, 1.82) is 0 Å². The molecule has 0 bridgehead atoms. The van der Waals surface area contributed by atoms with Crippen molar-refractivity contribution in [2.45, 2.75) is 0 Å². The van der Waals surface area contributed by atoms with E-state index in [2.05, 4.69) is 10.1 Å². The van der Waals surface area contributed by atoms with Gasteiger partial charge in [0.15, 0.2) is 0 Å². The predicted octanol–water partition coefficient (Wildman–Crippen LogP) is 0.526. The number of hydrogen-bond acceptors (Lipinski definition) is 3. The van der Waals surface area contributed by atoms with E-state index in [1.54, 1.807) is 21.6 Å². The molecular weight excluding hydrogens is 168 g/mol. The summed E-state index contributed by atoms with van der Waals surface area (Å²) in [4.78, 5) is 3.96. The minimum Gasteiger partial charge on any atom is -0.492 e. The van der Waals surface area contributed by atoms with Crippen LogP contribution < -0.4 is 0 Å². The summed E-state index contributed by atoms with van der Waals surface area (Å²) < 4.78 is 3.45. The molecule has 0 aliphatic carbocycles. The zero-order valence-electron chi connectivity index (χ0n) is 7.47. The minimum atomic E-state index is 0.0290. The van der Waals surface area contributed by atoms with E-state index in [0.717, 1.165) is 5.56 Å². The molecule has 13 heavy (non-hydrogen) atoms. The molecule has 68 valence electrons. The lowest BCUT2D eigenvalue weighted by Gasteiger charge is -1.94. The number of rotatable bonds is 1. The van der Waals surface area contributed by atoms with Crippen LogP contribution in [0.3, 0.4) is 0 Å². The van der Waals surface area contributed by atoms with Gasteiger partial charge in [0.2, 0.25) is 5.88 Å². The first-order chi connectivity index (χ1) is 6.16. The van der Waals surface area contributed by atoms with Gasteiger partial charge in [-0.15, -0.1) is 0 Å². The smallest absolute Gasteiger partial charge is 0.229 e. The van der Waals surface area contributed by atoms with Gasteiger partial charge < -0.3 is 9.67 Å². The molecule has 0 saturated heterocycles. The average molecular weight is 178 g/mol. The fourth-order valence-corrected chi connectivity index (χ4v) is 1.26. The Morgan fingerprint density at radius 3 is 2.54 bits per heavy atom. The summed E-state index contributed by atoms with van der Waals surface area (Å²) in [5, 5.41) is 13.2. The highest BCUT2D eigenvalue weighted by Gasteiger charge is 2.07. The largest absolute Gasteiger partial charge is 0.492 e. The molecule has 0 spiro atoms. The van der Waals surface area contributed by atoms with Crippen molar-refractivity contribution < 1.29 is 5.11 Å². The maximum Gasteiger partial charge on any atom is 0.229 e. The van der Waals surface area contributed by atoms with Gasteiger partial charge in [-0.1, -0.05) is 0 Å². The molecule has 0 radical (unpaired) electrons. The Hall–Kier alpha value is -1.78. The van der Waals surface area contributed by atoms with E-state index >= 15 is 0 Å². The lowest BCUT2D eigenvalue weighted by atomic mass is 10.3. The highest BCUT2D eigenvalue weighted by Crippen LogP contribution is 2.19. The SMILES string of the molecule is Cn1cc(-c2nc(O)cn2C)cn1. The molecule has 2 aromatic heterocycles. The molecule has 0 unspecified atom stereocenters. The number of aryl methyl sites for hydroxylation is 2. The maximum atomic E-state index is 9.14. The van der Waals surface area contributed by atoms with Crippen LogP contribution in [0.2, 0.25) is 0 Å². The number of hydrogen-bond donors (Lipinski definition) is 1. The molecule has 1 N–H and O–H groups in total. The van der Waals surface area contributed by atoms with Crippen LogP contribution in [0, 0.1) is 0 Å². The second-order valence-electron chi connectivity index (χ2n) is 2.94. The topological polar surface area (TPSA) is 55.9 Å². The van der Waals surface area contributed by atoms with Crippen LogP contribution in [0.5, 0.6) is 5.88 Å². The highest BCUT2D eigenvalue weighted by atomic mass is 16.3. The number of imidazole rings is 1. The van der Waals surface area contributed by atoms with E-state index in [9.17, 15) is 0 Å². The molecule has 5 nitrogen and oxygen atoms in total. The van der Waals surface area contributed by atoms with Crippen LogP contribution in [0.15, 0.2) is 18.6 Å². The fraction of sp³-hybridized carbons (Fsp3) is 0.250. The molecule has 2 heterocycles. The first kappa shape index (κ1) is 7.85. The van der Waals surface area contributed by atoms with Crippen LogP contribution in [0.25, 0.3) is 11.4 Å². The second-order valence-corrected chi connectivity index (χ2v) is 2.94. The standard InChI is InChI=1S/C8H10N4O/c1-11-5-7(13)10-8(11)6-3-9-12(2)4-6/h3-5,13H,1-2H3. The van der Waals surface area contributed by atoms with E-state index in [1.807, 2.05) is 20.3 Å². The van der Waals surface area contributed by atoms with Crippen LogP contribution >= 0.6 is 0 Å². The summed E-state index contributed by atoms with van der Waals surface area (Å²) >= 11 is 0. The molecular formula is C8H10N4O. The summed E-state index contributed by atoms with van der Waals surface area (Å²) in [5.41, 5.74) is 0.894. The van der Waals surface area contributed by atoms with Crippen LogP contribution in [0.4, 0.5) is 0 Å². The van der Waals surface area contributed by atoms with E-state index < -0.39 is 0 Å². The van der Waals surface area contributed by atoms with E-state index in [0.29, 0.717) is 5.82 Å². The number of aromatic hydroxyl groups is 1. The van der Waals surface area contributed by atoms with Crippen molar-refractivity contribution in [3.63, 3.8) is 0 Å². The zero-order chi connectivity index (χ0) is 9.42. The number of nitrogens with zero attached hydrogens (tertiary/aromatic N) is 4. The summed E-state index contributed by atoms with van der Waals surface area (Å²) in [6.45, 7) is 0. The van der Waals surface area contributed by atoms with Gasteiger partial charge >= 0.3 is 0 Å². The van der Waals surface area contributed by atoms with Gasteiger partial charge in [0.1, 0.15) is 5.82 Å². The Labute approximate surface area is 75.3 Å².